The number of nitrogens with two attached hydrogens (primary N) is 1. The Morgan fingerprint density at radius 3 is 2.95 bits per heavy atom. The first-order valence-corrected chi connectivity index (χ1v) is 7.12. The fraction of sp³-hybridized carbons (Fsp3) is 0.438. The molecule has 3 N–H and O–H groups in total. The molecule has 1 aliphatic rings. The highest BCUT2D eigenvalue weighted by Gasteiger charge is 2.22. The SMILES string of the molecule is CC1CCCC1CNc1ccc(N)c2cnccc12. The maximum atomic E-state index is 6.00. The lowest BCUT2D eigenvalue weighted by Gasteiger charge is -2.18. The van der Waals surface area contributed by atoms with Gasteiger partial charge in [-0.05, 0) is 36.5 Å². The Labute approximate surface area is 114 Å². The van der Waals surface area contributed by atoms with Gasteiger partial charge in [0.15, 0.2) is 0 Å². The van der Waals surface area contributed by atoms with Crippen LogP contribution >= 0.6 is 0 Å². The van der Waals surface area contributed by atoms with Gasteiger partial charge in [-0.2, -0.15) is 0 Å². The van der Waals surface area contributed by atoms with Crippen molar-refractivity contribution in [3.8, 4) is 0 Å². The molecule has 0 bridgehead atoms. The molecular formula is C16H21N3. The normalized spacial score (nSPS) is 22.8. The van der Waals surface area contributed by atoms with Crippen LogP contribution in [-0.4, -0.2) is 11.5 Å². The molecule has 3 rings (SSSR count). The molecule has 1 fully saturated rings. The van der Waals surface area contributed by atoms with Crippen molar-refractivity contribution in [1.82, 2.24) is 4.98 Å². The van der Waals surface area contributed by atoms with Crippen LogP contribution in [0, 0.1) is 11.8 Å². The molecule has 0 saturated heterocycles. The summed E-state index contributed by atoms with van der Waals surface area (Å²) >= 11 is 0. The molecule has 19 heavy (non-hydrogen) atoms. The Bertz CT molecular complexity index is 579. The fourth-order valence-electron chi connectivity index (χ4n) is 3.13. The summed E-state index contributed by atoms with van der Waals surface area (Å²) < 4.78 is 0. The first-order chi connectivity index (χ1) is 9.25. The molecule has 1 aromatic heterocycles. The molecule has 2 aromatic rings. The topological polar surface area (TPSA) is 50.9 Å². The van der Waals surface area contributed by atoms with Gasteiger partial charge in [-0.25, -0.2) is 0 Å². The predicted molar refractivity (Wildman–Crippen MR) is 81.2 cm³/mol. The van der Waals surface area contributed by atoms with E-state index in [1.807, 2.05) is 24.5 Å². The molecule has 0 aliphatic heterocycles. The van der Waals surface area contributed by atoms with Crippen LogP contribution in [0.15, 0.2) is 30.6 Å². The summed E-state index contributed by atoms with van der Waals surface area (Å²) in [6.45, 7) is 3.42. The van der Waals surface area contributed by atoms with Crippen LogP contribution in [0.2, 0.25) is 0 Å². The van der Waals surface area contributed by atoms with Gasteiger partial charge in [-0.1, -0.05) is 19.8 Å². The number of nitrogens with zero attached hydrogens (tertiary/aromatic N) is 1. The third-order valence-electron chi connectivity index (χ3n) is 4.45. The number of hydrogen-bond donors (Lipinski definition) is 2. The van der Waals surface area contributed by atoms with Gasteiger partial charge in [-0.3, -0.25) is 4.98 Å². The number of rotatable bonds is 3. The molecule has 3 heteroatoms. The van der Waals surface area contributed by atoms with Gasteiger partial charge >= 0.3 is 0 Å². The van der Waals surface area contributed by atoms with Gasteiger partial charge in [0, 0.05) is 41.1 Å². The number of nitrogens with one attached hydrogen (secondary N) is 1. The van der Waals surface area contributed by atoms with Gasteiger partial charge in [-0.15, -0.1) is 0 Å². The van der Waals surface area contributed by atoms with Crippen molar-refractivity contribution in [1.29, 1.82) is 0 Å². The molecule has 2 atom stereocenters. The molecule has 1 aromatic carbocycles. The van der Waals surface area contributed by atoms with Gasteiger partial charge in [0.25, 0.3) is 0 Å². The van der Waals surface area contributed by atoms with Crippen LogP contribution < -0.4 is 11.1 Å². The van der Waals surface area contributed by atoms with Crippen LogP contribution in [0.5, 0.6) is 0 Å². The van der Waals surface area contributed by atoms with E-state index in [9.17, 15) is 0 Å². The molecule has 0 radical (unpaired) electrons. The number of pyridine rings is 1. The fourth-order valence-corrected chi connectivity index (χ4v) is 3.13. The highest BCUT2D eigenvalue weighted by Crippen LogP contribution is 2.32. The Morgan fingerprint density at radius 1 is 1.26 bits per heavy atom. The van der Waals surface area contributed by atoms with Crippen LogP contribution in [0.3, 0.4) is 0 Å². The Kier molecular flexibility index (Phi) is 3.28. The summed E-state index contributed by atoms with van der Waals surface area (Å²) in [5, 5.41) is 5.81. The molecule has 1 saturated carbocycles. The minimum atomic E-state index is 0.794. The first kappa shape index (κ1) is 12.3. The minimum absolute atomic E-state index is 0.794. The van der Waals surface area contributed by atoms with E-state index in [0.717, 1.165) is 29.5 Å². The molecule has 3 nitrogen and oxygen atoms in total. The van der Waals surface area contributed by atoms with E-state index in [2.05, 4.69) is 23.3 Å². The molecule has 1 heterocycles. The summed E-state index contributed by atoms with van der Waals surface area (Å²) in [6, 6.07) is 6.08. The second kappa shape index (κ2) is 5.08. The zero-order chi connectivity index (χ0) is 13.2. The summed E-state index contributed by atoms with van der Waals surface area (Å²) in [4.78, 5) is 4.16. The van der Waals surface area contributed by atoms with Gasteiger partial charge in [0.05, 0.1) is 0 Å². The van der Waals surface area contributed by atoms with Crippen LogP contribution in [0.4, 0.5) is 11.4 Å². The maximum absolute atomic E-state index is 6.00. The molecule has 2 unspecified atom stereocenters. The van der Waals surface area contributed by atoms with E-state index in [-0.39, 0.29) is 0 Å². The lowest BCUT2D eigenvalue weighted by Crippen LogP contribution is -2.16. The van der Waals surface area contributed by atoms with Gasteiger partial charge in [0.1, 0.15) is 0 Å². The van der Waals surface area contributed by atoms with E-state index in [4.69, 9.17) is 5.73 Å². The second-order valence-corrected chi connectivity index (χ2v) is 5.67. The van der Waals surface area contributed by atoms with Gasteiger partial charge < -0.3 is 11.1 Å². The highest BCUT2D eigenvalue weighted by molar-refractivity contribution is 6.00. The Morgan fingerprint density at radius 2 is 2.16 bits per heavy atom. The van der Waals surface area contributed by atoms with Crippen molar-refractivity contribution < 1.29 is 0 Å². The number of aromatic nitrogens is 1. The number of fused-ring (bicyclic) bond motifs is 1. The predicted octanol–water partition coefficient (Wildman–Crippen LogP) is 3.67. The molecule has 0 amide bonds. The third kappa shape index (κ3) is 2.37. The Hall–Kier alpha value is -1.77. The quantitative estimate of drug-likeness (QED) is 0.823. The Balaban J connectivity index is 1.83. The van der Waals surface area contributed by atoms with Crippen molar-refractivity contribution in [2.24, 2.45) is 11.8 Å². The summed E-state index contributed by atoms with van der Waals surface area (Å²) in [6.07, 6.45) is 7.76. The smallest absolute Gasteiger partial charge is 0.0422 e. The summed E-state index contributed by atoms with van der Waals surface area (Å²) in [7, 11) is 0. The average Bonchev–Trinajstić information content (AvgIpc) is 2.84. The standard InChI is InChI=1S/C16H21N3/c1-11-3-2-4-12(11)9-19-16-6-5-15(17)14-10-18-8-7-13(14)16/h5-8,10-12,19H,2-4,9,17H2,1H3. The largest absolute Gasteiger partial charge is 0.398 e. The zero-order valence-electron chi connectivity index (χ0n) is 11.4. The van der Waals surface area contributed by atoms with E-state index in [0.29, 0.717) is 0 Å². The van der Waals surface area contributed by atoms with Crippen molar-refractivity contribution >= 4 is 22.1 Å². The van der Waals surface area contributed by atoms with Crippen molar-refractivity contribution in [3.63, 3.8) is 0 Å². The molecule has 1 aliphatic carbocycles. The van der Waals surface area contributed by atoms with Crippen LogP contribution in [0.25, 0.3) is 10.8 Å². The van der Waals surface area contributed by atoms with Crippen molar-refractivity contribution in [3.05, 3.63) is 30.6 Å². The highest BCUT2D eigenvalue weighted by atomic mass is 14.9. The number of hydrogen-bond acceptors (Lipinski definition) is 3. The minimum Gasteiger partial charge on any atom is -0.398 e. The monoisotopic (exact) mass is 255 g/mol. The van der Waals surface area contributed by atoms with E-state index >= 15 is 0 Å². The average molecular weight is 255 g/mol. The third-order valence-corrected chi connectivity index (χ3v) is 4.45. The lowest BCUT2D eigenvalue weighted by molar-refractivity contribution is 0.440. The number of nitrogen functional groups attached to an aromatic ring is 1. The van der Waals surface area contributed by atoms with Gasteiger partial charge in [0.2, 0.25) is 0 Å². The van der Waals surface area contributed by atoms with E-state index in [1.165, 1.54) is 30.3 Å². The van der Waals surface area contributed by atoms with E-state index in [1.54, 1.807) is 0 Å². The summed E-state index contributed by atoms with van der Waals surface area (Å²) in [5.74, 6) is 1.64. The first-order valence-electron chi connectivity index (χ1n) is 7.12. The lowest BCUT2D eigenvalue weighted by atomic mass is 9.98. The summed E-state index contributed by atoms with van der Waals surface area (Å²) in [5.41, 5.74) is 7.96. The van der Waals surface area contributed by atoms with E-state index < -0.39 is 0 Å². The molecule has 100 valence electrons. The number of anilines is 2. The second-order valence-electron chi connectivity index (χ2n) is 5.67. The molecule has 0 spiro atoms. The molecular weight excluding hydrogens is 234 g/mol. The van der Waals surface area contributed by atoms with Crippen molar-refractivity contribution in [2.45, 2.75) is 26.2 Å². The van der Waals surface area contributed by atoms with Crippen molar-refractivity contribution in [2.75, 3.05) is 17.6 Å². The number of benzene rings is 1. The maximum Gasteiger partial charge on any atom is 0.0422 e. The van der Waals surface area contributed by atoms with Crippen LogP contribution in [0.1, 0.15) is 26.2 Å². The zero-order valence-corrected chi connectivity index (χ0v) is 11.4. The van der Waals surface area contributed by atoms with Crippen LogP contribution in [-0.2, 0) is 0 Å².